The molecule has 0 radical (unpaired) electrons. The molecule has 1 heterocycles. The van der Waals surface area contributed by atoms with Gasteiger partial charge in [-0.3, -0.25) is 4.57 Å². The first-order chi connectivity index (χ1) is 8.26. The highest BCUT2D eigenvalue weighted by atomic mass is 79.9. The van der Waals surface area contributed by atoms with Gasteiger partial charge in [0, 0.05) is 25.0 Å². The number of hydrogen-bond donors (Lipinski definition) is 1. The van der Waals surface area contributed by atoms with Gasteiger partial charge < -0.3 is 10.1 Å². The van der Waals surface area contributed by atoms with Crippen LogP contribution in [0.25, 0.3) is 5.69 Å². The van der Waals surface area contributed by atoms with Crippen LogP contribution in [-0.2, 0) is 0 Å². The summed E-state index contributed by atoms with van der Waals surface area (Å²) in [6, 6.07) is 5.94. The van der Waals surface area contributed by atoms with Gasteiger partial charge in [-0.1, -0.05) is 0 Å². The predicted octanol–water partition coefficient (Wildman–Crippen LogP) is 3.08. The second-order valence-electron chi connectivity index (χ2n) is 3.47. The third-order valence-electron chi connectivity index (χ3n) is 2.39. The number of ether oxygens (including phenoxy) is 1. The van der Waals surface area contributed by atoms with Crippen molar-refractivity contribution in [1.29, 1.82) is 0 Å². The van der Waals surface area contributed by atoms with Gasteiger partial charge in [0.25, 0.3) is 0 Å². The van der Waals surface area contributed by atoms with E-state index in [1.54, 1.807) is 13.3 Å². The lowest BCUT2D eigenvalue weighted by molar-refractivity contribution is 0.412. The molecule has 1 N–H and O–H groups in total. The van der Waals surface area contributed by atoms with Crippen LogP contribution < -0.4 is 10.1 Å². The third kappa shape index (κ3) is 2.44. The van der Waals surface area contributed by atoms with E-state index < -0.39 is 0 Å². The Labute approximate surface area is 109 Å². The Hall–Kier alpha value is -1.49. The molecule has 4 nitrogen and oxygen atoms in total. The van der Waals surface area contributed by atoms with Crippen molar-refractivity contribution >= 4 is 21.9 Å². The molecule has 17 heavy (non-hydrogen) atoms. The number of benzene rings is 1. The van der Waals surface area contributed by atoms with Gasteiger partial charge in [-0.15, -0.1) is 0 Å². The maximum absolute atomic E-state index is 5.28. The summed E-state index contributed by atoms with van der Waals surface area (Å²) in [6.45, 7) is 2.88. The molecule has 5 heteroatoms. The number of nitrogens with one attached hydrogen (secondary N) is 1. The van der Waals surface area contributed by atoms with Gasteiger partial charge in [0.05, 0.1) is 17.3 Å². The van der Waals surface area contributed by atoms with Crippen LogP contribution in [0.15, 0.2) is 35.1 Å². The Kier molecular flexibility index (Phi) is 3.68. The van der Waals surface area contributed by atoms with Crippen LogP contribution in [-0.4, -0.2) is 23.2 Å². The molecular weight excluding hydrogens is 282 g/mol. The van der Waals surface area contributed by atoms with Crippen molar-refractivity contribution in [2.75, 3.05) is 19.0 Å². The first-order valence-corrected chi connectivity index (χ1v) is 6.16. The van der Waals surface area contributed by atoms with Gasteiger partial charge >= 0.3 is 0 Å². The van der Waals surface area contributed by atoms with E-state index in [1.165, 1.54) is 0 Å². The fraction of sp³-hybridized carbons (Fsp3) is 0.250. The second kappa shape index (κ2) is 5.23. The average Bonchev–Trinajstić information content (AvgIpc) is 2.78. The highest BCUT2D eigenvalue weighted by molar-refractivity contribution is 9.10. The number of imidazole rings is 1. The van der Waals surface area contributed by atoms with Gasteiger partial charge in [0.2, 0.25) is 5.95 Å². The molecule has 90 valence electrons. The molecular formula is C12H14BrN3O. The number of halogens is 1. The highest BCUT2D eigenvalue weighted by Crippen LogP contribution is 2.28. The zero-order valence-corrected chi connectivity index (χ0v) is 11.4. The second-order valence-corrected chi connectivity index (χ2v) is 4.32. The van der Waals surface area contributed by atoms with Crippen LogP contribution in [0.2, 0.25) is 0 Å². The number of rotatable bonds is 4. The summed E-state index contributed by atoms with van der Waals surface area (Å²) >= 11 is 3.44. The molecule has 0 fully saturated rings. The van der Waals surface area contributed by atoms with E-state index in [0.717, 1.165) is 28.4 Å². The number of hydrogen-bond acceptors (Lipinski definition) is 3. The molecule has 1 aromatic carbocycles. The maximum Gasteiger partial charge on any atom is 0.207 e. The highest BCUT2D eigenvalue weighted by Gasteiger charge is 2.06. The van der Waals surface area contributed by atoms with Gasteiger partial charge in [0.1, 0.15) is 5.75 Å². The zero-order chi connectivity index (χ0) is 12.3. The summed E-state index contributed by atoms with van der Waals surface area (Å²) in [5.41, 5.74) is 1.01. The van der Waals surface area contributed by atoms with Gasteiger partial charge in [-0.05, 0) is 35.0 Å². The molecule has 0 unspecified atom stereocenters. The summed E-state index contributed by atoms with van der Waals surface area (Å²) in [7, 11) is 1.66. The predicted molar refractivity (Wildman–Crippen MR) is 72.0 cm³/mol. The largest absolute Gasteiger partial charge is 0.495 e. The van der Waals surface area contributed by atoms with Crippen LogP contribution in [0.1, 0.15) is 6.92 Å². The molecule has 0 bridgehead atoms. The van der Waals surface area contributed by atoms with Crippen LogP contribution >= 0.6 is 15.9 Å². The van der Waals surface area contributed by atoms with Crippen molar-refractivity contribution in [2.24, 2.45) is 0 Å². The van der Waals surface area contributed by atoms with E-state index in [1.807, 2.05) is 35.9 Å². The van der Waals surface area contributed by atoms with Crippen molar-refractivity contribution < 1.29 is 4.74 Å². The standard InChI is InChI=1S/C12H14BrN3O/c1-3-14-12-15-6-7-16(12)9-4-5-10(13)11(8-9)17-2/h4-8H,3H2,1-2H3,(H,14,15). The first-order valence-electron chi connectivity index (χ1n) is 5.37. The molecule has 0 spiro atoms. The molecule has 0 aliphatic heterocycles. The molecule has 0 aliphatic carbocycles. The summed E-state index contributed by atoms with van der Waals surface area (Å²) in [5.74, 6) is 1.63. The van der Waals surface area contributed by atoms with Crippen molar-refractivity contribution in [3.05, 3.63) is 35.1 Å². The van der Waals surface area contributed by atoms with Gasteiger partial charge in [0.15, 0.2) is 0 Å². The molecule has 0 atom stereocenters. The van der Waals surface area contributed by atoms with E-state index in [2.05, 4.69) is 26.2 Å². The number of anilines is 1. The maximum atomic E-state index is 5.28. The first kappa shape index (κ1) is 12.0. The lowest BCUT2D eigenvalue weighted by Crippen LogP contribution is -2.05. The number of aromatic nitrogens is 2. The fourth-order valence-corrected chi connectivity index (χ4v) is 2.01. The van der Waals surface area contributed by atoms with Crippen LogP contribution in [0.4, 0.5) is 5.95 Å². The molecule has 0 amide bonds. The van der Waals surface area contributed by atoms with Crippen molar-refractivity contribution in [2.45, 2.75) is 6.92 Å². The van der Waals surface area contributed by atoms with E-state index in [0.29, 0.717) is 0 Å². The Morgan fingerprint density at radius 3 is 3.00 bits per heavy atom. The number of methoxy groups -OCH3 is 1. The van der Waals surface area contributed by atoms with Crippen LogP contribution in [0.5, 0.6) is 5.75 Å². The molecule has 2 aromatic rings. The zero-order valence-electron chi connectivity index (χ0n) is 9.77. The number of nitrogens with zero attached hydrogens (tertiary/aromatic N) is 2. The SMILES string of the molecule is CCNc1nccn1-c1ccc(Br)c(OC)c1. The molecule has 2 rings (SSSR count). The fourth-order valence-electron chi connectivity index (χ4n) is 1.60. The quantitative estimate of drug-likeness (QED) is 0.942. The average molecular weight is 296 g/mol. The molecule has 0 saturated heterocycles. The molecule has 0 saturated carbocycles. The summed E-state index contributed by atoms with van der Waals surface area (Å²) in [4.78, 5) is 4.26. The minimum Gasteiger partial charge on any atom is -0.495 e. The molecule has 0 aliphatic rings. The van der Waals surface area contributed by atoms with Crippen LogP contribution in [0, 0.1) is 0 Å². The van der Waals surface area contributed by atoms with Crippen LogP contribution in [0.3, 0.4) is 0 Å². The minimum absolute atomic E-state index is 0.804. The minimum atomic E-state index is 0.804. The van der Waals surface area contributed by atoms with Gasteiger partial charge in [-0.25, -0.2) is 4.98 Å². The Morgan fingerprint density at radius 2 is 2.29 bits per heavy atom. The normalized spacial score (nSPS) is 10.3. The summed E-state index contributed by atoms with van der Waals surface area (Å²) < 4.78 is 8.21. The van der Waals surface area contributed by atoms with E-state index in [4.69, 9.17) is 4.74 Å². The van der Waals surface area contributed by atoms with Crippen molar-refractivity contribution in [3.63, 3.8) is 0 Å². The van der Waals surface area contributed by atoms with E-state index >= 15 is 0 Å². The van der Waals surface area contributed by atoms with Gasteiger partial charge in [-0.2, -0.15) is 0 Å². The monoisotopic (exact) mass is 295 g/mol. The van der Waals surface area contributed by atoms with E-state index in [9.17, 15) is 0 Å². The molecule has 1 aromatic heterocycles. The smallest absolute Gasteiger partial charge is 0.207 e. The van der Waals surface area contributed by atoms with E-state index in [-0.39, 0.29) is 0 Å². The summed E-state index contributed by atoms with van der Waals surface area (Å²) in [6.07, 6.45) is 3.69. The third-order valence-corrected chi connectivity index (χ3v) is 3.04. The lowest BCUT2D eigenvalue weighted by atomic mass is 10.3. The van der Waals surface area contributed by atoms with Crippen molar-refractivity contribution in [1.82, 2.24) is 9.55 Å². The summed E-state index contributed by atoms with van der Waals surface area (Å²) in [5, 5.41) is 3.21. The topological polar surface area (TPSA) is 39.1 Å². The van der Waals surface area contributed by atoms with Crippen molar-refractivity contribution in [3.8, 4) is 11.4 Å². The Morgan fingerprint density at radius 1 is 1.47 bits per heavy atom. The Bertz CT molecular complexity index is 510. The Balaban J connectivity index is 2.42. The lowest BCUT2D eigenvalue weighted by Gasteiger charge is -2.10.